The van der Waals surface area contributed by atoms with Crippen molar-refractivity contribution in [3.63, 3.8) is 0 Å². The van der Waals surface area contributed by atoms with Gasteiger partial charge in [-0.05, 0) is 30.2 Å². The zero-order valence-corrected chi connectivity index (χ0v) is 17.1. The van der Waals surface area contributed by atoms with Crippen molar-refractivity contribution in [2.45, 2.75) is 26.1 Å². The predicted octanol–water partition coefficient (Wildman–Crippen LogP) is 3.60. The molecule has 2 heterocycles. The fourth-order valence-electron chi connectivity index (χ4n) is 3.47. The molecule has 10 heteroatoms. The molecule has 0 aliphatic rings. The maximum atomic E-state index is 13.3. The fraction of sp³-hybridized carbons (Fsp3) is 0.333. The SMILES string of the molecule is CCc1cc2c(c(OCC(F)(F)F)c(C(=O)O)n2C)c(=O)n1Cc1ccc(OC)cc1. The molecule has 2 aromatic heterocycles. The van der Waals surface area contributed by atoms with Crippen LogP contribution in [-0.2, 0) is 20.0 Å². The largest absolute Gasteiger partial charge is 0.497 e. The molecule has 0 unspecified atom stereocenters. The molecular weight excluding hydrogens is 417 g/mol. The highest BCUT2D eigenvalue weighted by Crippen LogP contribution is 2.32. The zero-order valence-electron chi connectivity index (χ0n) is 17.1. The average Bonchev–Trinajstić information content (AvgIpc) is 3.00. The fourth-order valence-corrected chi connectivity index (χ4v) is 3.47. The van der Waals surface area contributed by atoms with E-state index in [1.54, 1.807) is 30.3 Å². The number of pyridine rings is 1. The van der Waals surface area contributed by atoms with E-state index >= 15 is 0 Å². The van der Waals surface area contributed by atoms with Crippen LogP contribution in [-0.4, -0.2) is 40.1 Å². The minimum atomic E-state index is -4.69. The normalized spacial score (nSPS) is 11.7. The van der Waals surface area contributed by atoms with Crippen LogP contribution < -0.4 is 15.0 Å². The summed E-state index contributed by atoms with van der Waals surface area (Å²) in [6.45, 7) is 0.269. The van der Waals surface area contributed by atoms with Gasteiger partial charge in [-0.3, -0.25) is 4.79 Å². The lowest BCUT2D eigenvalue weighted by Gasteiger charge is -2.14. The van der Waals surface area contributed by atoms with Gasteiger partial charge in [0, 0.05) is 12.7 Å². The van der Waals surface area contributed by atoms with E-state index in [-0.39, 0.29) is 17.4 Å². The van der Waals surface area contributed by atoms with Crippen molar-refractivity contribution in [1.82, 2.24) is 9.13 Å². The van der Waals surface area contributed by atoms with E-state index in [4.69, 9.17) is 9.47 Å². The molecule has 0 aliphatic carbocycles. The molecule has 1 aromatic carbocycles. The lowest BCUT2D eigenvalue weighted by Crippen LogP contribution is -2.25. The van der Waals surface area contributed by atoms with Crippen molar-refractivity contribution in [2.24, 2.45) is 7.05 Å². The molecule has 0 aliphatic heterocycles. The van der Waals surface area contributed by atoms with Crippen molar-refractivity contribution < 1.29 is 32.5 Å². The van der Waals surface area contributed by atoms with Gasteiger partial charge >= 0.3 is 12.1 Å². The number of aryl methyl sites for hydroxylation is 2. The van der Waals surface area contributed by atoms with Crippen LogP contribution in [0.2, 0.25) is 0 Å². The number of rotatable bonds is 7. The Balaban J connectivity index is 2.22. The summed E-state index contributed by atoms with van der Waals surface area (Å²) < 4.78 is 50.8. The second-order valence-corrected chi connectivity index (χ2v) is 6.93. The van der Waals surface area contributed by atoms with E-state index in [0.717, 1.165) is 5.56 Å². The van der Waals surface area contributed by atoms with Gasteiger partial charge in [-0.1, -0.05) is 19.1 Å². The number of aromatic carboxylic acids is 1. The Morgan fingerprint density at radius 1 is 1.19 bits per heavy atom. The molecule has 3 aromatic rings. The number of hydrogen-bond donors (Lipinski definition) is 1. The van der Waals surface area contributed by atoms with Crippen LogP contribution in [0.25, 0.3) is 10.9 Å². The maximum absolute atomic E-state index is 13.3. The van der Waals surface area contributed by atoms with Crippen molar-refractivity contribution in [3.8, 4) is 11.5 Å². The molecule has 7 nitrogen and oxygen atoms in total. The first-order chi connectivity index (χ1) is 14.6. The van der Waals surface area contributed by atoms with Gasteiger partial charge in [-0.2, -0.15) is 13.2 Å². The maximum Gasteiger partial charge on any atom is 0.422 e. The molecule has 0 bridgehead atoms. The number of carboxylic acids is 1. The summed E-state index contributed by atoms with van der Waals surface area (Å²) in [6, 6.07) is 8.60. The Labute approximate surface area is 175 Å². The molecule has 0 amide bonds. The van der Waals surface area contributed by atoms with Gasteiger partial charge in [0.2, 0.25) is 0 Å². The van der Waals surface area contributed by atoms with Crippen molar-refractivity contribution in [2.75, 3.05) is 13.7 Å². The Morgan fingerprint density at radius 2 is 1.84 bits per heavy atom. The number of fused-ring (bicyclic) bond motifs is 1. The van der Waals surface area contributed by atoms with E-state index in [0.29, 0.717) is 17.9 Å². The van der Waals surface area contributed by atoms with E-state index < -0.39 is 35.8 Å². The van der Waals surface area contributed by atoms with E-state index in [1.807, 2.05) is 6.92 Å². The van der Waals surface area contributed by atoms with Gasteiger partial charge in [-0.15, -0.1) is 0 Å². The number of carboxylic acid groups (broad SMARTS) is 1. The quantitative estimate of drug-likeness (QED) is 0.610. The monoisotopic (exact) mass is 438 g/mol. The molecule has 0 saturated carbocycles. The van der Waals surface area contributed by atoms with Gasteiger partial charge in [0.25, 0.3) is 5.56 Å². The van der Waals surface area contributed by atoms with Crippen LogP contribution in [0.3, 0.4) is 0 Å². The van der Waals surface area contributed by atoms with Gasteiger partial charge in [0.15, 0.2) is 18.1 Å². The lowest BCUT2D eigenvalue weighted by molar-refractivity contribution is -0.153. The summed E-state index contributed by atoms with van der Waals surface area (Å²) in [7, 11) is 2.90. The molecule has 3 rings (SSSR count). The zero-order chi connectivity index (χ0) is 22.9. The summed E-state index contributed by atoms with van der Waals surface area (Å²) in [5, 5.41) is 9.35. The molecule has 0 atom stereocenters. The van der Waals surface area contributed by atoms with Gasteiger partial charge < -0.3 is 23.7 Å². The summed E-state index contributed by atoms with van der Waals surface area (Å²) in [5.74, 6) is -1.44. The van der Waals surface area contributed by atoms with Gasteiger partial charge in [0.05, 0.1) is 19.2 Å². The Morgan fingerprint density at radius 3 is 2.35 bits per heavy atom. The number of nitrogens with zero attached hydrogens (tertiary/aromatic N) is 2. The van der Waals surface area contributed by atoms with Crippen molar-refractivity contribution >= 4 is 16.9 Å². The third-order valence-corrected chi connectivity index (χ3v) is 4.95. The van der Waals surface area contributed by atoms with E-state index in [9.17, 15) is 27.9 Å². The smallest absolute Gasteiger partial charge is 0.422 e. The minimum Gasteiger partial charge on any atom is -0.497 e. The Bertz CT molecular complexity index is 1180. The highest BCUT2D eigenvalue weighted by Gasteiger charge is 2.32. The summed E-state index contributed by atoms with van der Waals surface area (Å²) in [6.07, 6.45) is -4.24. The number of carbonyl (C=O) groups is 1. The molecule has 31 heavy (non-hydrogen) atoms. The number of halogens is 3. The van der Waals surface area contributed by atoms with Gasteiger partial charge in [-0.25, -0.2) is 4.79 Å². The summed E-state index contributed by atoms with van der Waals surface area (Å²) in [4.78, 5) is 25.1. The Hall–Kier alpha value is -3.43. The van der Waals surface area contributed by atoms with Crippen LogP contribution in [0.5, 0.6) is 11.5 Å². The number of benzene rings is 1. The van der Waals surface area contributed by atoms with E-state index in [2.05, 4.69) is 0 Å². The number of hydrogen-bond acceptors (Lipinski definition) is 4. The van der Waals surface area contributed by atoms with Crippen LogP contribution in [0.1, 0.15) is 28.7 Å². The molecule has 1 N–H and O–H groups in total. The predicted molar refractivity (Wildman–Crippen MR) is 107 cm³/mol. The topological polar surface area (TPSA) is 82.7 Å². The van der Waals surface area contributed by atoms with Crippen molar-refractivity contribution in [1.29, 1.82) is 0 Å². The molecule has 166 valence electrons. The summed E-state index contributed by atoms with van der Waals surface area (Å²) in [5.41, 5.74) is 0.436. The highest BCUT2D eigenvalue weighted by molar-refractivity contribution is 6.00. The second kappa shape index (κ2) is 8.37. The number of aromatic nitrogens is 2. The third kappa shape index (κ3) is 4.37. The summed E-state index contributed by atoms with van der Waals surface area (Å²) >= 11 is 0. The standard InChI is InChI=1S/C21H21F3N2O5/c1-4-13-9-15-16(18(31-11-21(22,23)24)17(20(28)29)25(15)2)19(27)26(13)10-12-5-7-14(30-3)8-6-12/h5-9H,4,10-11H2,1-3H3,(H,28,29). The minimum absolute atomic E-state index is 0.151. The Kier molecular flexibility index (Phi) is 6.01. The lowest BCUT2D eigenvalue weighted by atomic mass is 10.1. The molecule has 0 radical (unpaired) electrons. The van der Waals surface area contributed by atoms with Crippen LogP contribution in [0.15, 0.2) is 35.1 Å². The molecular formula is C21H21F3N2O5. The first-order valence-electron chi connectivity index (χ1n) is 9.38. The van der Waals surface area contributed by atoms with Crippen LogP contribution in [0, 0.1) is 0 Å². The van der Waals surface area contributed by atoms with Crippen LogP contribution in [0.4, 0.5) is 13.2 Å². The molecule has 0 fully saturated rings. The van der Waals surface area contributed by atoms with Crippen molar-refractivity contribution in [3.05, 3.63) is 57.6 Å². The number of methoxy groups -OCH3 is 1. The van der Waals surface area contributed by atoms with Crippen LogP contribution >= 0.6 is 0 Å². The first-order valence-corrected chi connectivity index (χ1v) is 9.38. The molecule has 0 saturated heterocycles. The average molecular weight is 438 g/mol. The molecule has 0 spiro atoms. The third-order valence-electron chi connectivity index (χ3n) is 4.95. The van der Waals surface area contributed by atoms with Gasteiger partial charge in [0.1, 0.15) is 11.1 Å². The number of alkyl halides is 3. The number of ether oxygens (including phenoxy) is 2. The van der Waals surface area contributed by atoms with E-state index in [1.165, 1.54) is 23.3 Å². The highest BCUT2D eigenvalue weighted by atomic mass is 19.4. The first kappa shape index (κ1) is 22.3. The second-order valence-electron chi connectivity index (χ2n) is 6.93.